The molecular formula is C42H49BN2S3. The van der Waals surface area contributed by atoms with E-state index in [0.29, 0.717) is 0 Å². The van der Waals surface area contributed by atoms with Crippen molar-refractivity contribution in [2.45, 2.75) is 104 Å². The van der Waals surface area contributed by atoms with Gasteiger partial charge in [0.05, 0.1) is 0 Å². The first-order chi connectivity index (χ1) is 23.8. The SMILES string of the molecule is CCCCCCCCc1ccc(-c2ccc3c4c2ns[n+]4[B-](c2ccccc2)(c2ccccc2)c2cc(CCCCCCCC)sc2-3)s1. The number of thiophene rings is 2. The highest BCUT2D eigenvalue weighted by molar-refractivity contribution is 7.21. The number of aromatic nitrogens is 2. The quantitative estimate of drug-likeness (QED) is 0.0687. The lowest BCUT2D eigenvalue weighted by atomic mass is 9.24. The van der Waals surface area contributed by atoms with Crippen LogP contribution in [-0.2, 0) is 12.8 Å². The number of aryl methyl sites for hydroxylation is 2. The molecule has 0 N–H and O–H groups in total. The standard InChI is InChI=1S/C42H49BN2S3/c1-3-5-7-9-11-19-25-34-27-30-39(46-34)36-28-29-37-41-40(36)44-48-45(41)43(32-21-15-13-16-22-32,33-23-17-14-18-24-33)38-31-35(47-42(37)38)26-20-12-10-8-6-4-2/h13-18,21-24,27-31H,3-12,19-20,25-26H2,1-2H3. The third-order valence-corrected chi connectivity index (χ3v) is 13.9. The Kier molecular flexibility index (Phi) is 10.9. The summed E-state index contributed by atoms with van der Waals surface area (Å²) in [7, 11) is 0. The molecule has 3 aromatic carbocycles. The lowest BCUT2D eigenvalue weighted by molar-refractivity contribution is -0.429. The average Bonchev–Trinajstić information content (AvgIpc) is 3.89. The van der Waals surface area contributed by atoms with Crippen molar-refractivity contribution < 1.29 is 3.87 Å². The lowest BCUT2D eigenvalue weighted by Gasteiger charge is -2.41. The number of hydrogen-bond donors (Lipinski definition) is 0. The molecule has 6 aromatic rings. The highest BCUT2D eigenvalue weighted by Crippen LogP contribution is 2.41. The summed E-state index contributed by atoms with van der Waals surface area (Å²) in [4.78, 5) is 5.81. The first kappa shape index (κ1) is 33.4. The van der Waals surface area contributed by atoms with Crippen LogP contribution in [-0.4, -0.2) is 10.7 Å². The normalized spacial score (nSPS) is 13.3. The van der Waals surface area contributed by atoms with Crippen LogP contribution in [0, 0.1) is 0 Å². The summed E-state index contributed by atoms with van der Waals surface area (Å²) in [6, 6.07) is 34.6. The molecule has 0 bridgehead atoms. The van der Waals surface area contributed by atoms with Crippen LogP contribution in [0.5, 0.6) is 0 Å². The van der Waals surface area contributed by atoms with Gasteiger partial charge >= 0.3 is 0 Å². The molecule has 0 unspecified atom stereocenters. The van der Waals surface area contributed by atoms with Gasteiger partial charge in [-0.05, 0) is 49.9 Å². The summed E-state index contributed by atoms with van der Waals surface area (Å²) < 4.78 is 7.95. The Labute approximate surface area is 300 Å². The maximum absolute atomic E-state index is 5.33. The van der Waals surface area contributed by atoms with E-state index in [2.05, 4.69) is 109 Å². The van der Waals surface area contributed by atoms with Gasteiger partial charge in [-0.2, -0.15) is 10.9 Å². The summed E-state index contributed by atoms with van der Waals surface area (Å²) in [6.07, 6.45) is 16.9. The zero-order valence-corrected chi connectivity index (χ0v) is 31.2. The molecule has 4 heterocycles. The monoisotopic (exact) mass is 688 g/mol. The van der Waals surface area contributed by atoms with Crippen molar-refractivity contribution >= 4 is 68.1 Å². The van der Waals surface area contributed by atoms with Crippen molar-refractivity contribution in [3.8, 4) is 20.9 Å². The molecule has 6 heteroatoms. The molecule has 2 nitrogen and oxygen atoms in total. The highest BCUT2D eigenvalue weighted by Gasteiger charge is 2.47. The van der Waals surface area contributed by atoms with Crippen molar-refractivity contribution in [2.75, 3.05) is 0 Å². The van der Waals surface area contributed by atoms with E-state index in [4.69, 9.17) is 4.37 Å². The molecule has 0 radical (unpaired) electrons. The largest absolute Gasteiger partial charge is 0.353 e. The van der Waals surface area contributed by atoms with Crippen LogP contribution in [0.3, 0.4) is 0 Å². The van der Waals surface area contributed by atoms with Gasteiger partial charge in [0.25, 0.3) is 6.28 Å². The van der Waals surface area contributed by atoms with Crippen molar-refractivity contribution in [1.82, 2.24) is 4.37 Å². The summed E-state index contributed by atoms with van der Waals surface area (Å²) >= 11 is 5.68. The predicted molar refractivity (Wildman–Crippen MR) is 214 cm³/mol. The van der Waals surface area contributed by atoms with E-state index in [1.54, 1.807) is 11.7 Å². The second kappa shape index (κ2) is 15.7. The van der Waals surface area contributed by atoms with Crippen LogP contribution in [0.4, 0.5) is 0 Å². The molecule has 3 aromatic heterocycles. The first-order valence-electron chi connectivity index (χ1n) is 18.6. The van der Waals surface area contributed by atoms with Gasteiger partial charge in [0.1, 0.15) is 0 Å². The Morgan fingerprint density at radius 2 is 1.17 bits per heavy atom. The number of rotatable bonds is 17. The molecule has 1 aliphatic rings. The molecule has 1 aliphatic heterocycles. The van der Waals surface area contributed by atoms with Gasteiger partial charge in [0.2, 0.25) is 17.2 Å². The summed E-state index contributed by atoms with van der Waals surface area (Å²) in [5.74, 6) is 0. The molecule has 48 heavy (non-hydrogen) atoms. The van der Waals surface area contributed by atoms with E-state index in [1.807, 2.05) is 22.7 Å². The molecule has 0 saturated carbocycles. The Morgan fingerprint density at radius 3 is 1.81 bits per heavy atom. The minimum absolute atomic E-state index is 1.15. The Hall–Kier alpha value is -3.06. The molecule has 0 fully saturated rings. The summed E-state index contributed by atoms with van der Waals surface area (Å²) in [6.45, 7) is 4.59. The average molecular weight is 689 g/mol. The summed E-state index contributed by atoms with van der Waals surface area (Å²) in [5, 5.41) is 0. The molecule has 248 valence electrons. The molecule has 0 atom stereocenters. The molecule has 0 amide bonds. The van der Waals surface area contributed by atoms with E-state index >= 15 is 0 Å². The van der Waals surface area contributed by atoms with Gasteiger partial charge in [0.15, 0.2) is 5.52 Å². The molecular weight excluding hydrogens is 639 g/mol. The van der Waals surface area contributed by atoms with Gasteiger partial charge in [-0.3, -0.25) is 0 Å². The van der Waals surface area contributed by atoms with Crippen molar-refractivity contribution in [2.24, 2.45) is 0 Å². The van der Waals surface area contributed by atoms with Gasteiger partial charge in [0, 0.05) is 35.0 Å². The van der Waals surface area contributed by atoms with Gasteiger partial charge in [-0.15, -0.1) is 28.1 Å². The van der Waals surface area contributed by atoms with E-state index in [1.165, 1.54) is 136 Å². The lowest BCUT2D eigenvalue weighted by Crippen LogP contribution is -2.84. The van der Waals surface area contributed by atoms with Gasteiger partial charge < -0.3 is 3.87 Å². The third-order valence-electron chi connectivity index (χ3n) is 10.5. The maximum atomic E-state index is 5.33. The van der Waals surface area contributed by atoms with E-state index in [0.717, 1.165) is 11.9 Å². The van der Waals surface area contributed by atoms with Gasteiger partial charge in [-0.1, -0.05) is 145 Å². The predicted octanol–water partition coefficient (Wildman–Crippen LogP) is 10.7. The highest BCUT2D eigenvalue weighted by atomic mass is 32.1. The Bertz CT molecular complexity index is 1880. The van der Waals surface area contributed by atoms with Crippen molar-refractivity contribution in [1.29, 1.82) is 0 Å². The second-order valence-electron chi connectivity index (χ2n) is 13.8. The van der Waals surface area contributed by atoms with Crippen LogP contribution >= 0.6 is 34.4 Å². The van der Waals surface area contributed by atoms with E-state index < -0.39 is 6.28 Å². The number of benzene rings is 3. The molecule has 7 rings (SSSR count). The molecule has 0 aliphatic carbocycles. The fourth-order valence-electron chi connectivity index (χ4n) is 8.00. The number of hydrogen-bond acceptors (Lipinski definition) is 4. The second-order valence-corrected chi connectivity index (χ2v) is 16.8. The van der Waals surface area contributed by atoms with Gasteiger partial charge in [-0.25, -0.2) is 0 Å². The third kappa shape index (κ3) is 6.48. The molecule has 0 saturated heterocycles. The van der Waals surface area contributed by atoms with Crippen LogP contribution in [0.1, 0.15) is 101 Å². The van der Waals surface area contributed by atoms with E-state index in [9.17, 15) is 0 Å². The number of nitrogens with zero attached hydrogens (tertiary/aromatic N) is 2. The van der Waals surface area contributed by atoms with Crippen LogP contribution < -0.4 is 20.3 Å². The first-order valence-corrected chi connectivity index (χ1v) is 21.0. The zero-order chi connectivity index (χ0) is 32.8. The number of unbranched alkanes of at least 4 members (excludes halogenated alkanes) is 10. The minimum Gasteiger partial charge on any atom is -0.353 e. The minimum atomic E-state index is -1.46. The fraction of sp³-hybridized carbons (Fsp3) is 0.381. The van der Waals surface area contributed by atoms with Crippen LogP contribution in [0.25, 0.3) is 31.9 Å². The Morgan fingerprint density at radius 1 is 0.583 bits per heavy atom. The zero-order valence-electron chi connectivity index (χ0n) is 28.8. The van der Waals surface area contributed by atoms with E-state index in [-0.39, 0.29) is 0 Å². The van der Waals surface area contributed by atoms with Crippen LogP contribution in [0.2, 0.25) is 0 Å². The van der Waals surface area contributed by atoms with Crippen molar-refractivity contribution in [3.63, 3.8) is 0 Å². The summed E-state index contributed by atoms with van der Waals surface area (Å²) in [5.41, 5.74) is 9.27. The maximum Gasteiger partial charge on any atom is 0.286 e. The number of fused-ring (bicyclic) bond motifs is 2. The van der Waals surface area contributed by atoms with Crippen LogP contribution in [0.15, 0.2) is 91.0 Å². The fourth-order valence-corrected chi connectivity index (χ4v) is 11.5. The topological polar surface area (TPSA) is 16.8 Å². The molecule has 0 spiro atoms. The Balaban J connectivity index is 1.31. The van der Waals surface area contributed by atoms with Crippen molar-refractivity contribution in [3.05, 3.63) is 101 Å². The smallest absolute Gasteiger partial charge is 0.286 e.